The minimum atomic E-state index is -0.296. The summed E-state index contributed by atoms with van der Waals surface area (Å²) in [4.78, 5) is 12.3. The molecule has 0 aromatic carbocycles. The molecule has 0 atom stereocenters. The number of rotatable bonds is 6. The number of ether oxygens (including phenoxy) is 1. The van der Waals surface area contributed by atoms with Gasteiger partial charge in [-0.1, -0.05) is 12.8 Å². The summed E-state index contributed by atoms with van der Waals surface area (Å²) in [5, 5.41) is 14.5. The smallest absolute Gasteiger partial charge is 0.324 e. The maximum atomic E-state index is 12.3. The van der Waals surface area contributed by atoms with E-state index in [0.717, 1.165) is 29.9 Å². The van der Waals surface area contributed by atoms with E-state index >= 15 is 0 Å². The fraction of sp³-hybridized carbons (Fsp3) is 0.588. The number of nitrogens with zero attached hydrogens (tertiary/aromatic N) is 4. The van der Waals surface area contributed by atoms with Crippen molar-refractivity contribution in [3.05, 3.63) is 23.7 Å². The number of hydrogen-bond donors (Lipinski definition) is 2. The average Bonchev–Trinajstić information content (AvgIpc) is 3.29. The number of methoxy groups -OCH3 is 1. The van der Waals surface area contributed by atoms with Crippen LogP contribution in [0.3, 0.4) is 0 Å². The van der Waals surface area contributed by atoms with E-state index in [-0.39, 0.29) is 6.03 Å². The number of aromatic nitrogens is 4. The lowest BCUT2D eigenvalue weighted by molar-refractivity contribution is 0.201. The third-order valence-corrected chi connectivity index (χ3v) is 4.70. The van der Waals surface area contributed by atoms with Crippen molar-refractivity contribution in [2.75, 3.05) is 24.4 Å². The second kappa shape index (κ2) is 7.69. The third-order valence-electron chi connectivity index (χ3n) is 4.70. The Kier molecular flexibility index (Phi) is 5.37. The normalized spacial score (nSPS) is 14.8. The maximum absolute atomic E-state index is 12.3. The van der Waals surface area contributed by atoms with Crippen molar-refractivity contribution in [2.45, 2.75) is 45.1 Å². The first-order valence-corrected chi connectivity index (χ1v) is 8.72. The number of nitrogens with one attached hydrogen (secondary N) is 2. The minimum absolute atomic E-state index is 0.296. The van der Waals surface area contributed by atoms with Crippen molar-refractivity contribution < 1.29 is 9.53 Å². The SMILES string of the molecule is COCCc1cc(NC(=O)Nc2cnn(C3CCCC3)c2C)n(C)n1. The molecule has 0 unspecified atom stereocenters. The standard InChI is InChI=1S/C17H26N6O2/c1-12-15(11-18-23(12)14-6-4-5-7-14)19-17(24)20-16-10-13(8-9-25-3)21-22(16)2/h10-11,14H,4-9H2,1-3H3,(H2,19,20,24). The fourth-order valence-corrected chi connectivity index (χ4v) is 3.31. The molecule has 2 N–H and O–H groups in total. The zero-order chi connectivity index (χ0) is 17.8. The van der Waals surface area contributed by atoms with Crippen LogP contribution in [0.5, 0.6) is 0 Å². The molecule has 1 fully saturated rings. The van der Waals surface area contributed by atoms with Crippen LogP contribution in [0.25, 0.3) is 0 Å². The Morgan fingerprint density at radius 3 is 2.84 bits per heavy atom. The van der Waals surface area contributed by atoms with Gasteiger partial charge in [0.15, 0.2) is 0 Å². The van der Waals surface area contributed by atoms with Gasteiger partial charge in [-0.05, 0) is 19.8 Å². The van der Waals surface area contributed by atoms with Crippen molar-refractivity contribution >= 4 is 17.5 Å². The van der Waals surface area contributed by atoms with Crippen LogP contribution in [0, 0.1) is 6.92 Å². The Bertz CT molecular complexity index is 730. The third kappa shape index (κ3) is 4.01. The Balaban J connectivity index is 1.62. The van der Waals surface area contributed by atoms with Crippen molar-refractivity contribution in [1.29, 1.82) is 0 Å². The number of urea groups is 1. The summed E-state index contributed by atoms with van der Waals surface area (Å²) >= 11 is 0. The molecule has 8 heteroatoms. The average molecular weight is 346 g/mol. The van der Waals surface area contributed by atoms with Gasteiger partial charge in [0, 0.05) is 26.6 Å². The summed E-state index contributed by atoms with van der Waals surface area (Å²) in [5.74, 6) is 0.643. The number of carbonyl (C=O) groups excluding carboxylic acids is 1. The highest BCUT2D eigenvalue weighted by Crippen LogP contribution is 2.31. The van der Waals surface area contributed by atoms with Crippen LogP contribution in [0.2, 0.25) is 0 Å². The molecule has 0 bridgehead atoms. The van der Waals surface area contributed by atoms with Gasteiger partial charge in [-0.2, -0.15) is 10.2 Å². The molecule has 8 nitrogen and oxygen atoms in total. The van der Waals surface area contributed by atoms with Gasteiger partial charge in [-0.25, -0.2) is 4.79 Å². The summed E-state index contributed by atoms with van der Waals surface area (Å²) in [5.41, 5.74) is 2.61. The molecule has 0 aliphatic heterocycles. The molecule has 1 saturated carbocycles. The predicted octanol–water partition coefficient (Wildman–Crippen LogP) is 2.87. The Hall–Kier alpha value is -2.35. The van der Waals surface area contributed by atoms with Gasteiger partial charge in [-0.15, -0.1) is 0 Å². The summed E-state index contributed by atoms with van der Waals surface area (Å²) in [7, 11) is 3.46. The minimum Gasteiger partial charge on any atom is -0.384 e. The molecule has 2 amide bonds. The van der Waals surface area contributed by atoms with Gasteiger partial charge in [0.2, 0.25) is 0 Å². The molecule has 0 spiro atoms. The number of hydrogen-bond acceptors (Lipinski definition) is 4. The van der Waals surface area contributed by atoms with E-state index in [0.29, 0.717) is 24.9 Å². The lowest BCUT2D eigenvalue weighted by atomic mass is 10.2. The van der Waals surface area contributed by atoms with Gasteiger partial charge in [0.05, 0.1) is 35.9 Å². The Labute approximate surface area is 147 Å². The van der Waals surface area contributed by atoms with Gasteiger partial charge in [0.25, 0.3) is 0 Å². The monoisotopic (exact) mass is 346 g/mol. The lowest BCUT2D eigenvalue weighted by Gasteiger charge is -2.13. The molecule has 1 aliphatic rings. The van der Waals surface area contributed by atoms with E-state index in [4.69, 9.17) is 4.74 Å². The van der Waals surface area contributed by atoms with Crippen LogP contribution >= 0.6 is 0 Å². The Morgan fingerprint density at radius 1 is 1.36 bits per heavy atom. The van der Waals surface area contributed by atoms with Crippen LogP contribution in [0.1, 0.15) is 43.1 Å². The molecule has 2 aromatic heterocycles. The Morgan fingerprint density at radius 2 is 2.12 bits per heavy atom. The summed E-state index contributed by atoms with van der Waals surface area (Å²) in [6, 6.07) is 2.02. The molecule has 136 valence electrons. The zero-order valence-corrected chi connectivity index (χ0v) is 15.1. The highest BCUT2D eigenvalue weighted by atomic mass is 16.5. The molecular formula is C17H26N6O2. The maximum Gasteiger partial charge on any atom is 0.324 e. The summed E-state index contributed by atoms with van der Waals surface area (Å²) in [6.45, 7) is 2.59. The van der Waals surface area contributed by atoms with Crippen LogP contribution in [-0.4, -0.2) is 39.3 Å². The van der Waals surface area contributed by atoms with E-state index in [2.05, 4.69) is 20.8 Å². The van der Waals surface area contributed by atoms with Crippen molar-refractivity contribution in [2.24, 2.45) is 7.05 Å². The van der Waals surface area contributed by atoms with Crippen LogP contribution < -0.4 is 10.6 Å². The second-order valence-corrected chi connectivity index (χ2v) is 6.49. The first kappa shape index (κ1) is 17.5. The quantitative estimate of drug-likeness (QED) is 0.842. The lowest BCUT2D eigenvalue weighted by Crippen LogP contribution is -2.21. The van der Waals surface area contributed by atoms with E-state index in [1.54, 1.807) is 25.0 Å². The zero-order valence-electron chi connectivity index (χ0n) is 15.1. The highest BCUT2D eigenvalue weighted by Gasteiger charge is 2.21. The topological polar surface area (TPSA) is 86.0 Å². The van der Waals surface area contributed by atoms with Crippen molar-refractivity contribution in [3.8, 4) is 0 Å². The van der Waals surface area contributed by atoms with E-state index in [9.17, 15) is 4.79 Å². The molecule has 1 aliphatic carbocycles. The summed E-state index contributed by atoms with van der Waals surface area (Å²) in [6.07, 6.45) is 7.25. The van der Waals surface area contributed by atoms with E-state index in [1.807, 2.05) is 17.7 Å². The van der Waals surface area contributed by atoms with Gasteiger partial charge >= 0.3 is 6.03 Å². The van der Waals surface area contributed by atoms with Crippen molar-refractivity contribution in [3.63, 3.8) is 0 Å². The van der Waals surface area contributed by atoms with Gasteiger partial charge in [0.1, 0.15) is 5.82 Å². The van der Waals surface area contributed by atoms with Crippen LogP contribution in [0.4, 0.5) is 16.3 Å². The van der Waals surface area contributed by atoms with Gasteiger partial charge in [-0.3, -0.25) is 14.7 Å². The molecule has 0 radical (unpaired) electrons. The molecule has 0 saturated heterocycles. The molecular weight excluding hydrogens is 320 g/mol. The molecule has 25 heavy (non-hydrogen) atoms. The van der Waals surface area contributed by atoms with Crippen LogP contribution in [0.15, 0.2) is 12.3 Å². The number of anilines is 2. The highest BCUT2D eigenvalue weighted by molar-refractivity contribution is 5.99. The second-order valence-electron chi connectivity index (χ2n) is 6.49. The number of aryl methyl sites for hydroxylation is 1. The predicted molar refractivity (Wildman–Crippen MR) is 95.9 cm³/mol. The first-order valence-electron chi connectivity index (χ1n) is 8.72. The van der Waals surface area contributed by atoms with E-state index < -0.39 is 0 Å². The number of amides is 2. The molecule has 2 heterocycles. The molecule has 3 rings (SSSR count). The fourth-order valence-electron chi connectivity index (χ4n) is 3.31. The largest absolute Gasteiger partial charge is 0.384 e. The molecule has 2 aromatic rings. The van der Waals surface area contributed by atoms with E-state index in [1.165, 1.54) is 12.8 Å². The van der Waals surface area contributed by atoms with Crippen LogP contribution in [-0.2, 0) is 18.2 Å². The van der Waals surface area contributed by atoms with Gasteiger partial charge < -0.3 is 10.1 Å². The summed E-state index contributed by atoms with van der Waals surface area (Å²) < 4.78 is 8.74. The van der Waals surface area contributed by atoms with Crippen molar-refractivity contribution in [1.82, 2.24) is 19.6 Å². The number of carbonyl (C=O) groups is 1. The first-order chi connectivity index (χ1) is 12.1.